The van der Waals surface area contributed by atoms with Gasteiger partial charge in [0.05, 0.1) is 23.4 Å². The van der Waals surface area contributed by atoms with Gasteiger partial charge in [-0.1, -0.05) is 12.1 Å². The summed E-state index contributed by atoms with van der Waals surface area (Å²) in [6.45, 7) is 5.00. The number of aromatic nitrogens is 3. The molecule has 32 heavy (non-hydrogen) atoms. The number of nitrogens with one attached hydrogen (secondary N) is 2. The molecule has 4 aromatic rings. The fourth-order valence-corrected chi connectivity index (χ4v) is 4.34. The van der Waals surface area contributed by atoms with Crippen molar-refractivity contribution >= 4 is 50.6 Å². The van der Waals surface area contributed by atoms with E-state index in [-0.39, 0.29) is 5.91 Å². The molecular formula is C23H22N6O2S. The van der Waals surface area contributed by atoms with Gasteiger partial charge in [0.25, 0.3) is 5.91 Å². The highest BCUT2D eigenvalue weighted by Crippen LogP contribution is 2.24. The van der Waals surface area contributed by atoms with Crippen LogP contribution in [0.4, 0.5) is 23.1 Å². The lowest BCUT2D eigenvalue weighted by atomic mass is 10.2. The molecule has 9 heteroatoms. The molecular weight excluding hydrogens is 424 g/mol. The Morgan fingerprint density at radius 3 is 2.53 bits per heavy atom. The van der Waals surface area contributed by atoms with Crippen LogP contribution >= 0.6 is 11.3 Å². The van der Waals surface area contributed by atoms with Gasteiger partial charge in [0.2, 0.25) is 5.95 Å². The van der Waals surface area contributed by atoms with Gasteiger partial charge < -0.3 is 20.3 Å². The van der Waals surface area contributed by atoms with Gasteiger partial charge in [-0.3, -0.25) is 4.79 Å². The lowest BCUT2D eigenvalue weighted by Crippen LogP contribution is -2.36. The van der Waals surface area contributed by atoms with Crippen LogP contribution in [0, 0.1) is 6.92 Å². The number of thiazole rings is 1. The number of benzene rings is 2. The molecule has 2 N–H and O–H groups in total. The summed E-state index contributed by atoms with van der Waals surface area (Å²) in [5, 5.41) is 6.60. The SMILES string of the molecule is Cc1cc(N2CCOCC2)nc(Nc2ccc(NC(=O)c3nc4ccccc4s3)cc2)n1. The summed E-state index contributed by atoms with van der Waals surface area (Å²) < 4.78 is 6.42. The molecule has 2 aromatic carbocycles. The summed E-state index contributed by atoms with van der Waals surface area (Å²) >= 11 is 1.38. The maximum Gasteiger partial charge on any atom is 0.284 e. The average Bonchev–Trinajstić information content (AvgIpc) is 3.25. The Hall–Kier alpha value is -3.56. The largest absolute Gasteiger partial charge is 0.378 e. The van der Waals surface area contributed by atoms with Gasteiger partial charge >= 0.3 is 0 Å². The number of ether oxygens (including phenoxy) is 1. The summed E-state index contributed by atoms with van der Waals surface area (Å²) in [5.41, 5.74) is 3.25. The van der Waals surface area contributed by atoms with Crippen molar-refractivity contribution in [1.29, 1.82) is 0 Å². The monoisotopic (exact) mass is 446 g/mol. The fraction of sp³-hybridized carbons (Fsp3) is 0.217. The molecule has 2 aromatic heterocycles. The van der Waals surface area contributed by atoms with Crippen molar-refractivity contribution in [1.82, 2.24) is 15.0 Å². The van der Waals surface area contributed by atoms with Crippen LogP contribution in [0.3, 0.4) is 0 Å². The molecule has 162 valence electrons. The highest BCUT2D eigenvalue weighted by Gasteiger charge is 2.15. The Bertz CT molecular complexity index is 1220. The first-order chi connectivity index (χ1) is 15.6. The number of anilines is 4. The minimum atomic E-state index is -0.218. The average molecular weight is 447 g/mol. The Morgan fingerprint density at radius 1 is 1.00 bits per heavy atom. The van der Waals surface area contributed by atoms with Crippen LogP contribution in [-0.2, 0) is 4.74 Å². The predicted octanol–water partition coefficient (Wildman–Crippen LogP) is 4.23. The third-order valence-corrected chi connectivity index (χ3v) is 6.10. The van der Waals surface area contributed by atoms with Gasteiger partial charge in [-0.05, 0) is 43.3 Å². The van der Waals surface area contributed by atoms with Crippen molar-refractivity contribution in [2.45, 2.75) is 6.92 Å². The van der Waals surface area contributed by atoms with Gasteiger partial charge in [0.1, 0.15) is 5.82 Å². The molecule has 0 unspecified atom stereocenters. The summed E-state index contributed by atoms with van der Waals surface area (Å²) in [4.78, 5) is 28.3. The lowest BCUT2D eigenvalue weighted by Gasteiger charge is -2.28. The zero-order valence-corrected chi connectivity index (χ0v) is 18.4. The van der Waals surface area contributed by atoms with E-state index >= 15 is 0 Å². The number of hydrogen-bond donors (Lipinski definition) is 2. The van der Waals surface area contributed by atoms with E-state index in [4.69, 9.17) is 4.74 Å². The van der Waals surface area contributed by atoms with Crippen LogP contribution in [0.2, 0.25) is 0 Å². The van der Waals surface area contributed by atoms with E-state index in [9.17, 15) is 4.79 Å². The van der Waals surface area contributed by atoms with Crippen LogP contribution < -0.4 is 15.5 Å². The van der Waals surface area contributed by atoms with Crippen LogP contribution in [0.25, 0.3) is 10.2 Å². The van der Waals surface area contributed by atoms with Gasteiger partial charge in [0.15, 0.2) is 5.01 Å². The van der Waals surface area contributed by atoms with Crippen molar-refractivity contribution in [3.05, 3.63) is 65.3 Å². The van der Waals surface area contributed by atoms with Crippen LogP contribution in [0.1, 0.15) is 15.5 Å². The molecule has 3 heterocycles. The van der Waals surface area contributed by atoms with Crippen molar-refractivity contribution in [2.24, 2.45) is 0 Å². The molecule has 0 saturated carbocycles. The first-order valence-electron chi connectivity index (χ1n) is 10.4. The van der Waals surface area contributed by atoms with Gasteiger partial charge in [-0.25, -0.2) is 9.97 Å². The highest BCUT2D eigenvalue weighted by molar-refractivity contribution is 7.20. The first-order valence-corrected chi connectivity index (χ1v) is 11.2. The number of rotatable bonds is 5. The smallest absolute Gasteiger partial charge is 0.284 e. The summed E-state index contributed by atoms with van der Waals surface area (Å²) in [7, 11) is 0. The molecule has 8 nitrogen and oxygen atoms in total. The normalized spacial score (nSPS) is 13.8. The lowest BCUT2D eigenvalue weighted by molar-refractivity contribution is 0.102. The van der Waals surface area contributed by atoms with E-state index in [1.54, 1.807) is 0 Å². The highest BCUT2D eigenvalue weighted by atomic mass is 32.1. The topological polar surface area (TPSA) is 92.3 Å². The fourth-order valence-electron chi connectivity index (χ4n) is 3.48. The summed E-state index contributed by atoms with van der Waals surface area (Å²) in [6.07, 6.45) is 0. The molecule has 1 fully saturated rings. The molecule has 1 aliphatic rings. The Balaban J connectivity index is 1.26. The number of amides is 1. The Labute approximate surface area is 189 Å². The second-order valence-electron chi connectivity index (χ2n) is 7.43. The molecule has 0 atom stereocenters. The van der Waals surface area contributed by atoms with E-state index in [0.717, 1.165) is 40.5 Å². The standard InChI is InChI=1S/C23H22N6O2S/c1-15-14-20(29-10-12-31-13-11-29)28-23(24-15)26-17-8-6-16(7-9-17)25-21(30)22-27-18-4-2-3-5-19(18)32-22/h2-9,14H,10-13H2,1H3,(H,25,30)(H,24,26,28). The third kappa shape index (κ3) is 4.53. The van der Waals surface area contributed by atoms with E-state index in [0.29, 0.717) is 29.9 Å². The zero-order valence-electron chi connectivity index (χ0n) is 17.5. The van der Waals surface area contributed by atoms with Crippen molar-refractivity contribution in [2.75, 3.05) is 41.8 Å². The molecule has 1 aliphatic heterocycles. The maximum absolute atomic E-state index is 12.6. The van der Waals surface area contributed by atoms with Crippen LogP contribution in [-0.4, -0.2) is 47.2 Å². The van der Waals surface area contributed by atoms with E-state index < -0.39 is 0 Å². The Morgan fingerprint density at radius 2 is 1.75 bits per heavy atom. The van der Waals surface area contributed by atoms with Crippen molar-refractivity contribution < 1.29 is 9.53 Å². The van der Waals surface area contributed by atoms with E-state index in [1.807, 2.05) is 61.5 Å². The maximum atomic E-state index is 12.6. The first kappa shape index (κ1) is 20.3. The molecule has 1 saturated heterocycles. The molecule has 0 bridgehead atoms. The van der Waals surface area contributed by atoms with Crippen LogP contribution in [0.15, 0.2) is 54.6 Å². The molecule has 0 radical (unpaired) electrons. The number of morpholine rings is 1. The van der Waals surface area contributed by atoms with Gasteiger partial charge in [0, 0.05) is 36.2 Å². The quantitative estimate of drug-likeness (QED) is 0.474. The second kappa shape index (κ2) is 8.89. The number of fused-ring (bicyclic) bond motifs is 1. The summed E-state index contributed by atoms with van der Waals surface area (Å²) in [5.74, 6) is 1.21. The third-order valence-electron chi connectivity index (χ3n) is 5.06. The molecule has 0 aliphatic carbocycles. The minimum absolute atomic E-state index is 0.218. The number of nitrogens with zero attached hydrogens (tertiary/aromatic N) is 4. The number of carbonyl (C=O) groups is 1. The van der Waals surface area contributed by atoms with Crippen molar-refractivity contribution in [3.8, 4) is 0 Å². The number of para-hydroxylation sites is 1. The Kier molecular flexibility index (Phi) is 5.66. The van der Waals surface area contributed by atoms with E-state index in [2.05, 4.69) is 30.5 Å². The molecule has 0 spiro atoms. The number of aryl methyl sites for hydroxylation is 1. The number of hydrogen-bond acceptors (Lipinski definition) is 8. The predicted molar refractivity (Wildman–Crippen MR) is 127 cm³/mol. The molecule has 1 amide bonds. The molecule has 5 rings (SSSR count). The van der Waals surface area contributed by atoms with E-state index in [1.165, 1.54) is 11.3 Å². The van der Waals surface area contributed by atoms with Crippen molar-refractivity contribution in [3.63, 3.8) is 0 Å². The zero-order chi connectivity index (χ0) is 21.9. The minimum Gasteiger partial charge on any atom is -0.378 e. The van der Waals surface area contributed by atoms with Gasteiger partial charge in [-0.2, -0.15) is 4.98 Å². The second-order valence-corrected chi connectivity index (χ2v) is 8.46. The van der Waals surface area contributed by atoms with Gasteiger partial charge in [-0.15, -0.1) is 11.3 Å². The summed E-state index contributed by atoms with van der Waals surface area (Å²) in [6, 6.07) is 17.1. The number of carbonyl (C=O) groups excluding carboxylic acids is 1. The van der Waals surface area contributed by atoms with Crippen LogP contribution in [0.5, 0.6) is 0 Å².